The Hall–Kier alpha value is -1.14. The molecular weight excluding hydrogens is 269 g/mol. The predicted octanol–water partition coefficient (Wildman–Crippen LogP) is 1.68. The molecule has 1 rings (SSSR count). The molecule has 0 aliphatic rings. The van der Waals surface area contributed by atoms with Gasteiger partial charge in [-0.15, -0.1) is 0 Å². The third-order valence-corrected chi connectivity index (χ3v) is 2.44. The Morgan fingerprint density at radius 2 is 2.27 bits per heavy atom. The molecule has 6 heteroatoms. The van der Waals surface area contributed by atoms with E-state index in [1.165, 1.54) is 19.2 Å². The molecule has 0 amide bonds. The van der Waals surface area contributed by atoms with Gasteiger partial charge in [0, 0.05) is 5.56 Å². The van der Waals surface area contributed by atoms with E-state index in [0.29, 0.717) is 5.75 Å². The van der Waals surface area contributed by atoms with Gasteiger partial charge < -0.3 is 15.6 Å². The second-order valence-corrected chi connectivity index (χ2v) is 3.68. The number of carboxylic acids is 1. The fourth-order valence-corrected chi connectivity index (χ4v) is 1.52. The summed E-state index contributed by atoms with van der Waals surface area (Å²) in [6.45, 7) is 0. The summed E-state index contributed by atoms with van der Waals surface area (Å²) in [5, 5.41) is 8.67. The molecule has 0 fully saturated rings. The Labute approximate surface area is 94.0 Å². The average molecular weight is 278 g/mol. The first kappa shape index (κ1) is 11.9. The predicted molar refractivity (Wildman–Crippen MR) is 55.2 cm³/mol. The number of carboxylic acid groups (broad SMARTS) is 1. The third-order valence-electron chi connectivity index (χ3n) is 1.87. The molecular formula is C9H9BrFNO3. The molecule has 0 aromatic heterocycles. The Bertz CT molecular complexity index is 397. The molecule has 0 heterocycles. The minimum atomic E-state index is -1.41. The van der Waals surface area contributed by atoms with Gasteiger partial charge in [0.15, 0.2) is 0 Å². The molecule has 0 spiro atoms. The Morgan fingerprint density at radius 1 is 1.67 bits per heavy atom. The van der Waals surface area contributed by atoms with Crippen LogP contribution in [0.1, 0.15) is 11.6 Å². The summed E-state index contributed by atoms with van der Waals surface area (Å²) >= 11 is 2.95. The van der Waals surface area contributed by atoms with Gasteiger partial charge in [-0.3, -0.25) is 4.79 Å². The highest BCUT2D eigenvalue weighted by atomic mass is 79.9. The summed E-state index contributed by atoms with van der Waals surface area (Å²) in [7, 11) is 1.40. The van der Waals surface area contributed by atoms with Crippen LogP contribution in [-0.4, -0.2) is 18.2 Å². The molecule has 82 valence electrons. The van der Waals surface area contributed by atoms with E-state index in [9.17, 15) is 9.18 Å². The number of ether oxygens (including phenoxy) is 1. The maximum Gasteiger partial charge on any atom is 0.325 e. The zero-order chi connectivity index (χ0) is 11.6. The van der Waals surface area contributed by atoms with Gasteiger partial charge in [-0.05, 0) is 28.1 Å². The lowest BCUT2D eigenvalue weighted by Gasteiger charge is -2.11. The number of nitrogens with two attached hydrogens (primary N) is 1. The van der Waals surface area contributed by atoms with Crippen LogP contribution in [0.3, 0.4) is 0 Å². The van der Waals surface area contributed by atoms with Crippen LogP contribution in [0.15, 0.2) is 16.6 Å². The smallest absolute Gasteiger partial charge is 0.325 e. The topological polar surface area (TPSA) is 72.5 Å². The molecule has 15 heavy (non-hydrogen) atoms. The van der Waals surface area contributed by atoms with Crippen LogP contribution < -0.4 is 10.5 Å². The van der Waals surface area contributed by atoms with E-state index < -0.39 is 17.8 Å². The van der Waals surface area contributed by atoms with Crippen molar-refractivity contribution in [3.05, 3.63) is 28.0 Å². The molecule has 4 nitrogen and oxygen atoms in total. The van der Waals surface area contributed by atoms with Crippen molar-refractivity contribution in [1.29, 1.82) is 0 Å². The zero-order valence-corrected chi connectivity index (χ0v) is 9.42. The molecule has 1 aromatic carbocycles. The Kier molecular flexibility index (Phi) is 3.65. The van der Waals surface area contributed by atoms with Crippen LogP contribution in [0, 0.1) is 5.82 Å². The first-order chi connectivity index (χ1) is 6.97. The van der Waals surface area contributed by atoms with Gasteiger partial charge in [0.25, 0.3) is 0 Å². The number of rotatable bonds is 3. The molecule has 0 saturated heterocycles. The van der Waals surface area contributed by atoms with E-state index >= 15 is 0 Å². The number of methoxy groups -OCH3 is 1. The number of aliphatic carboxylic acids is 1. The van der Waals surface area contributed by atoms with Crippen LogP contribution in [0.2, 0.25) is 0 Å². The summed E-state index contributed by atoms with van der Waals surface area (Å²) in [6.07, 6.45) is 0. The van der Waals surface area contributed by atoms with Crippen molar-refractivity contribution in [3.63, 3.8) is 0 Å². The Morgan fingerprint density at radius 3 is 2.73 bits per heavy atom. The number of halogens is 2. The van der Waals surface area contributed by atoms with Crippen molar-refractivity contribution in [2.75, 3.05) is 7.11 Å². The molecule has 1 unspecified atom stereocenters. The van der Waals surface area contributed by atoms with Crippen LogP contribution in [0.5, 0.6) is 5.75 Å². The second kappa shape index (κ2) is 4.59. The lowest BCUT2D eigenvalue weighted by Crippen LogP contribution is -2.22. The molecule has 0 aliphatic carbocycles. The van der Waals surface area contributed by atoms with Gasteiger partial charge in [0.05, 0.1) is 11.6 Å². The molecule has 0 radical (unpaired) electrons. The van der Waals surface area contributed by atoms with E-state index in [-0.39, 0.29) is 10.0 Å². The highest BCUT2D eigenvalue weighted by Crippen LogP contribution is 2.28. The normalized spacial score (nSPS) is 12.3. The van der Waals surface area contributed by atoms with Gasteiger partial charge in [-0.25, -0.2) is 4.39 Å². The van der Waals surface area contributed by atoms with Crippen molar-refractivity contribution in [1.82, 2.24) is 0 Å². The fraction of sp³-hybridized carbons (Fsp3) is 0.222. The summed E-state index contributed by atoms with van der Waals surface area (Å²) in [5.74, 6) is -1.64. The van der Waals surface area contributed by atoms with Crippen molar-refractivity contribution in [2.45, 2.75) is 6.04 Å². The van der Waals surface area contributed by atoms with Gasteiger partial charge in [0.2, 0.25) is 0 Å². The highest BCUT2D eigenvalue weighted by Gasteiger charge is 2.21. The third kappa shape index (κ3) is 2.45. The molecule has 0 saturated carbocycles. The highest BCUT2D eigenvalue weighted by molar-refractivity contribution is 9.10. The number of carbonyl (C=O) groups is 1. The van der Waals surface area contributed by atoms with Gasteiger partial charge in [-0.2, -0.15) is 0 Å². The molecule has 1 aromatic rings. The van der Waals surface area contributed by atoms with E-state index in [1.807, 2.05) is 0 Å². The van der Waals surface area contributed by atoms with E-state index in [4.69, 9.17) is 15.6 Å². The average Bonchev–Trinajstić information content (AvgIpc) is 2.20. The van der Waals surface area contributed by atoms with E-state index in [0.717, 1.165) is 0 Å². The molecule has 0 aliphatic heterocycles. The fourth-order valence-electron chi connectivity index (χ4n) is 1.06. The molecule has 0 bridgehead atoms. The van der Waals surface area contributed by atoms with Crippen LogP contribution >= 0.6 is 15.9 Å². The first-order valence-electron chi connectivity index (χ1n) is 3.98. The SMILES string of the molecule is COc1cc(Br)c(F)c(C(N)C(=O)O)c1. The number of hydrogen-bond acceptors (Lipinski definition) is 3. The standard InChI is InChI=1S/C9H9BrFNO3/c1-15-4-2-5(8(12)9(13)14)7(11)6(10)3-4/h2-3,8H,12H2,1H3,(H,13,14). The minimum absolute atomic E-state index is 0.117. The summed E-state index contributed by atoms with van der Waals surface area (Å²) < 4.78 is 18.5. The van der Waals surface area contributed by atoms with Crippen molar-refractivity contribution >= 4 is 21.9 Å². The van der Waals surface area contributed by atoms with Gasteiger partial charge in [-0.1, -0.05) is 0 Å². The summed E-state index contributed by atoms with van der Waals surface area (Å²) in [6, 6.07) is 1.25. The van der Waals surface area contributed by atoms with E-state index in [1.54, 1.807) is 0 Å². The van der Waals surface area contributed by atoms with Crippen LogP contribution in [0.25, 0.3) is 0 Å². The quantitative estimate of drug-likeness (QED) is 0.882. The van der Waals surface area contributed by atoms with Crippen LogP contribution in [-0.2, 0) is 4.79 Å². The summed E-state index contributed by atoms with van der Waals surface area (Å²) in [5.41, 5.74) is 5.20. The maximum atomic E-state index is 13.5. The number of hydrogen-bond donors (Lipinski definition) is 2. The molecule has 3 N–H and O–H groups in total. The zero-order valence-electron chi connectivity index (χ0n) is 7.83. The lowest BCUT2D eigenvalue weighted by atomic mass is 10.1. The largest absolute Gasteiger partial charge is 0.497 e. The van der Waals surface area contributed by atoms with Crippen LogP contribution in [0.4, 0.5) is 4.39 Å². The van der Waals surface area contributed by atoms with Crippen molar-refractivity contribution < 1.29 is 19.0 Å². The second-order valence-electron chi connectivity index (χ2n) is 2.83. The molecule has 1 atom stereocenters. The minimum Gasteiger partial charge on any atom is -0.497 e. The summed E-state index contributed by atoms with van der Waals surface area (Å²) in [4.78, 5) is 10.6. The van der Waals surface area contributed by atoms with Crippen molar-refractivity contribution in [3.8, 4) is 5.75 Å². The van der Waals surface area contributed by atoms with Gasteiger partial charge in [0.1, 0.15) is 17.6 Å². The maximum absolute atomic E-state index is 13.5. The Balaban J connectivity index is 3.27. The van der Waals surface area contributed by atoms with Crippen molar-refractivity contribution in [2.24, 2.45) is 5.73 Å². The monoisotopic (exact) mass is 277 g/mol. The number of benzene rings is 1. The van der Waals surface area contributed by atoms with Gasteiger partial charge >= 0.3 is 5.97 Å². The first-order valence-corrected chi connectivity index (χ1v) is 4.78. The van der Waals surface area contributed by atoms with E-state index in [2.05, 4.69) is 15.9 Å². The lowest BCUT2D eigenvalue weighted by molar-refractivity contribution is -0.138.